The monoisotopic (exact) mass is 2050 g/mol. The first kappa shape index (κ1) is 95.4. The van der Waals surface area contributed by atoms with E-state index in [0.29, 0.717) is 0 Å². The minimum absolute atomic E-state index is 0. The van der Waals surface area contributed by atoms with E-state index >= 15 is 0 Å². The van der Waals surface area contributed by atoms with Gasteiger partial charge in [-0.15, -0.1) is 22.2 Å². The van der Waals surface area contributed by atoms with Crippen molar-refractivity contribution in [1.29, 1.82) is 0 Å². The van der Waals surface area contributed by atoms with Crippen molar-refractivity contribution >= 4 is 218 Å². The van der Waals surface area contributed by atoms with Crippen LogP contribution in [-0.2, 0) is 0 Å². The van der Waals surface area contributed by atoms with Crippen molar-refractivity contribution in [3.05, 3.63) is 559 Å². The van der Waals surface area contributed by atoms with E-state index in [0.717, 1.165) is 34.7 Å². The summed E-state index contributed by atoms with van der Waals surface area (Å²) in [5.74, 6) is 0. The predicted octanol–water partition coefficient (Wildman–Crippen LogP) is 18.3. The molecule has 0 aliphatic carbocycles. The van der Waals surface area contributed by atoms with Crippen LogP contribution in [0.25, 0.3) is 22.3 Å². The van der Waals surface area contributed by atoms with Gasteiger partial charge in [-0.05, 0) is 158 Å². The average molecular weight is 2050 g/mol. The van der Waals surface area contributed by atoms with E-state index in [-0.39, 0.29) is 18.9 Å². The molecule has 130 heavy (non-hydrogen) atoms. The Hall–Kier alpha value is -10.6. The molecular weight excluding hydrogens is 1960 g/mol. The Morgan fingerprint density at radius 2 is 0.308 bits per heavy atom. The molecule has 632 valence electrons. The first-order valence-corrected chi connectivity index (χ1v) is 58.7. The normalized spacial score (nSPS) is 11.2. The fraction of sp³-hybridized carbons (Fsp3) is 0.0254. The molecule has 0 bridgehead atoms. The largest absolute Gasteiger partial charge is 1.00 e. The Morgan fingerprint density at radius 3 is 0.462 bits per heavy atom. The Balaban J connectivity index is 0.000000199. The van der Waals surface area contributed by atoms with Gasteiger partial charge < -0.3 is 6.92 Å². The van der Waals surface area contributed by atoms with Gasteiger partial charge in [-0.1, -0.05) is 568 Å². The molecule has 0 fully saturated rings. The van der Waals surface area contributed by atoms with Crippen molar-refractivity contribution in [3.8, 4) is 22.3 Å². The number of halogens is 6. The Morgan fingerprint density at radius 1 is 0.177 bits per heavy atom. The number of rotatable bonds is 21. The summed E-state index contributed by atoms with van der Waals surface area (Å²) in [5, 5.41) is 23.9. The summed E-state index contributed by atoms with van der Waals surface area (Å²) in [5.41, 5.74) is 4.85. The van der Waals surface area contributed by atoms with E-state index in [1.807, 2.05) is 84.9 Å². The molecule has 0 saturated heterocycles. The zero-order chi connectivity index (χ0) is 89.2. The van der Waals surface area contributed by atoms with E-state index in [4.69, 9.17) is 22.2 Å². The van der Waals surface area contributed by atoms with Crippen molar-refractivity contribution < 1.29 is 18.9 Å². The summed E-state index contributed by atoms with van der Waals surface area (Å²) >= 11 is 27.0. The SMILES string of the molecule is Brc1cccc(Br)c1.Brc1cccc([Si](c2ccccc2)(c2ccccc2)c2cccc(Br)c2)c1.Cl[Si](Cl)(c1ccccc1)c1ccccc1.[CH2-]CCC.[Li+].c1ccc([Si](c2ccccc2)(c2ccccc2)c2cccc(-c3cccc([Si](c4ccccc4)(c4ccccc4)c4cccc(-c5cccc([Si](c6ccccc6)(c6ccccc6)c6ccccc6)c5)c4)c3)c2)cc1. The molecule has 0 spiro atoms. The van der Waals surface area contributed by atoms with Gasteiger partial charge in [0.2, 0.25) is 0 Å². The fourth-order valence-corrected chi connectivity index (χ4v) is 42.6. The van der Waals surface area contributed by atoms with Gasteiger partial charge in [0.25, 0.3) is 0 Å². The summed E-state index contributed by atoms with van der Waals surface area (Å²) < 4.78 is 4.43. The van der Waals surface area contributed by atoms with Crippen molar-refractivity contribution in [2.24, 2.45) is 0 Å². The van der Waals surface area contributed by atoms with Crippen LogP contribution in [-0.4, -0.2) is 39.0 Å². The summed E-state index contributed by atoms with van der Waals surface area (Å²) in [7, 11) is -11.0. The minimum atomic E-state index is -3.03. The van der Waals surface area contributed by atoms with Crippen LogP contribution in [0.3, 0.4) is 0 Å². The smallest absolute Gasteiger partial charge is 0.343 e. The van der Waals surface area contributed by atoms with Crippen LogP contribution < -0.4 is 112 Å². The third-order valence-electron chi connectivity index (χ3n) is 23.8. The first-order chi connectivity index (χ1) is 63.3. The number of benzene rings is 19. The van der Waals surface area contributed by atoms with Gasteiger partial charge in [-0.2, -0.15) is 6.42 Å². The third kappa shape index (κ3) is 21.4. The van der Waals surface area contributed by atoms with Crippen LogP contribution in [0.2, 0.25) is 0 Å². The molecule has 19 aromatic rings. The Labute approximate surface area is 829 Å². The third-order valence-corrected chi connectivity index (χ3v) is 49.6. The van der Waals surface area contributed by atoms with E-state index in [1.54, 1.807) is 0 Å². The molecular formula is C118H97Br4Cl2LiSi5. The maximum absolute atomic E-state index is 6.49. The van der Waals surface area contributed by atoms with Crippen LogP contribution >= 0.6 is 85.9 Å². The van der Waals surface area contributed by atoms with E-state index in [9.17, 15) is 0 Å². The number of hydrogen-bond acceptors (Lipinski definition) is 0. The van der Waals surface area contributed by atoms with Gasteiger partial charge in [0, 0.05) is 17.9 Å². The zero-order valence-corrected chi connectivity index (χ0v) is 85.6. The summed E-state index contributed by atoms with van der Waals surface area (Å²) in [6.07, 6.45) is 2.28. The molecule has 0 unspecified atom stereocenters. The van der Waals surface area contributed by atoms with E-state index in [2.05, 4.69) is 526 Å². The van der Waals surface area contributed by atoms with Crippen molar-refractivity contribution in [2.75, 3.05) is 0 Å². The van der Waals surface area contributed by atoms with Gasteiger partial charge in [-0.3, -0.25) is 0 Å². The average Bonchev–Trinajstić information content (AvgIpc) is 0.741. The van der Waals surface area contributed by atoms with Crippen molar-refractivity contribution in [2.45, 2.75) is 19.8 Å². The topological polar surface area (TPSA) is 0 Å². The van der Waals surface area contributed by atoms with Gasteiger partial charge in [-0.25, -0.2) is 0 Å². The second-order valence-electron chi connectivity index (χ2n) is 31.6. The molecule has 0 aliphatic rings. The van der Waals surface area contributed by atoms with Crippen molar-refractivity contribution in [3.63, 3.8) is 0 Å². The second-order valence-corrected chi connectivity index (χ2v) is 56.8. The van der Waals surface area contributed by atoms with Gasteiger partial charge in [0.1, 0.15) is 0 Å². The fourth-order valence-electron chi connectivity index (χ4n) is 18.0. The first-order valence-electron chi connectivity index (χ1n) is 43.5. The molecule has 0 amide bonds. The van der Waals surface area contributed by atoms with E-state index in [1.165, 1.54) is 112 Å². The van der Waals surface area contributed by atoms with Crippen LogP contribution in [0.15, 0.2) is 552 Å². The predicted molar refractivity (Wildman–Crippen MR) is 585 cm³/mol. The maximum atomic E-state index is 6.49. The molecule has 12 heteroatoms. The molecule has 19 rings (SSSR count). The number of unbranched alkanes of at least 4 members (excludes halogenated alkanes) is 1. The van der Waals surface area contributed by atoms with Gasteiger partial charge in [0.05, 0.1) is 0 Å². The summed E-state index contributed by atoms with van der Waals surface area (Å²) in [6.45, 7) is 3.21. The van der Waals surface area contributed by atoms with Crippen molar-refractivity contribution in [1.82, 2.24) is 0 Å². The molecule has 0 aromatic heterocycles. The number of hydrogen-bond donors (Lipinski definition) is 0. The molecule has 0 radical (unpaired) electrons. The standard InChI is InChI=1S/C72H56Si3.C24H18Br2Si.C12H10Cl2Si.C6H4Br2.C4H9.Li/c1-9-33-61(34-10-1)73(62-35-11-2-12-36-62,63-37-13-3-14-38-63)69-49-25-29-57(53-69)59-31-27-51-71(55-59)75(67-45-21-7-22-46-67,68-47-23-8-24-48-68)72-52-28-32-60(56-72)58-30-26-50-70(54-58)74(64-39-15-4-16-40-64,65-41-17-5-18-42-65)66-43-19-6-20-44-66;25-19-9-7-15-23(17-19)27(21-11-3-1-4-12-21,22-13-5-2-6-14-22)24-16-8-10-20(26)18-24;13-15(14,11-7-3-1-4-8-11)12-9-5-2-6-10-12;7-5-2-1-3-6(8)4-5;1-3-4-2;/h1-56H;1-18H;1-10H;1-4H;1,3-4H2,2H3;/q;;;;-1;+1. The van der Waals surface area contributed by atoms with E-state index < -0.39 is 39.0 Å². The molecule has 0 heterocycles. The quantitative estimate of drug-likeness (QED) is 0.0291. The maximum Gasteiger partial charge on any atom is 1.00 e. The Bertz CT molecular complexity index is 6120. The Kier molecular flexibility index (Phi) is 34.1. The second kappa shape index (κ2) is 46.4. The zero-order valence-electron chi connectivity index (χ0n) is 72.7. The summed E-state index contributed by atoms with van der Waals surface area (Å²) in [6, 6.07) is 195. The molecule has 0 nitrogen and oxygen atoms in total. The van der Waals surface area contributed by atoms with Crippen LogP contribution in [0, 0.1) is 6.92 Å². The molecule has 0 atom stereocenters. The van der Waals surface area contributed by atoms with Crippen LogP contribution in [0.1, 0.15) is 19.8 Å². The summed E-state index contributed by atoms with van der Waals surface area (Å²) in [4.78, 5) is 0. The molecule has 0 saturated carbocycles. The van der Waals surface area contributed by atoms with Crippen LogP contribution in [0.5, 0.6) is 0 Å². The molecule has 0 N–H and O–H groups in total. The van der Waals surface area contributed by atoms with Crippen LogP contribution in [0.4, 0.5) is 0 Å². The minimum Gasteiger partial charge on any atom is -0.343 e. The van der Waals surface area contributed by atoms with Gasteiger partial charge in [0.15, 0.2) is 32.3 Å². The molecule has 0 aliphatic heterocycles. The van der Waals surface area contributed by atoms with Gasteiger partial charge >= 0.3 is 25.6 Å². The molecule has 19 aromatic carbocycles.